The Kier molecular flexibility index (Phi) is 7.72. The van der Waals surface area contributed by atoms with Crippen molar-refractivity contribution in [2.45, 2.75) is 24.8 Å². The minimum atomic E-state index is -3.66. The van der Waals surface area contributed by atoms with Crippen LogP contribution < -0.4 is 16.0 Å². The second kappa shape index (κ2) is 9.30. The van der Waals surface area contributed by atoms with Gasteiger partial charge in [0, 0.05) is 25.7 Å². The Labute approximate surface area is 153 Å². The van der Waals surface area contributed by atoms with E-state index in [1.165, 1.54) is 38.4 Å². The van der Waals surface area contributed by atoms with E-state index in [0.29, 0.717) is 0 Å². The van der Waals surface area contributed by atoms with Gasteiger partial charge in [0.05, 0.1) is 18.0 Å². The number of carbonyl (C=O) groups excluding carboxylic acids is 3. The number of nitrogens with one attached hydrogen (secondary N) is 3. The summed E-state index contributed by atoms with van der Waals surface area (Å²) >= 11 is 0. The van der Waals surface area contributed by atoms with Crippen LogP contribution in [0.15, 0.2) is 29.2 Å². The van der Waals surface area contributed by atoms with Gasteiger partial charge >= 0.3 is 0 Å². The number of hydrogen-bond donors (Lipinski definition) is 3. The molecule has 9 nitrogen and oxygen atoms in total. The van der Waals surface area contributed by atoms with E-state index in [2.05, 4.69) is 16.0 Å². The Hall–Kier alpha value is -2.46. The lowest BCUT2D eigenvalue weighted by molar-refractivity contribution is -0.125. The summed E-state index contributed by atoms with van der Waals surface area (Å²) in [4.78, 5) is 35.2. The Morgan fingerprint density at radius 1 is 1.04 bits per heavy atom. The molecule has 0 aliphatic rings. The summed E-state index contributed by atoms with van der Waals surface area (Å²) in [5.41, 5.74) is 0.110. The average Bonchev–Trinajstić information content (AvgIpc) is 2.57. The van der Waals surface area contributed by atoms with Crippen molar-refractivity contribution >= 4 is 27.7 Å². The maximum absolute atomic E-state index is 12.1. The summed E-state index contributed by atoms with van der Waals surface area (Å²) in [7, 11) is -0.881. The van der Waals surface area contributed by atoms with E-state index in [9.17, 15) is 22.8 Å². The molecule has 0 aliphatic heterocycles. The van der Waals surface area contributed by atoms with Gasteiger partial charge in [-0.2, -0.15) is 0 Å². The fraction of sp³-hybridized carbons (Fsp3) is 0.438. The van der Waals surface area contributed by atoms with Crippen LogP contribution in [0.4, 0.5) is 0 Å². The van der Waals surface area contributed by atoms with Gasteiger partial charge in [-0.1, -0.05) is 6.07 Å². The minimum absolute atomic E-state index is 0.0232. The zero-order valence-electron chi connectivity index (χ0n) is 15.2. The number of benzene rings is 1. The third-order valence-corrected chi connectivity index (χ3v) is 4.99. The molecule has 0 saturated heterocycles. The molecule has 3 amide bonds. The predicted molar refractivity (Wildman–Crippen MR) is 95.9 cm³/mol. The maximum Gasteiger partial charge on any atom is 0.251 e. The van der Waals surface area contributed by atoms with Crippen molar-refractivity contribution in [3.63, 3.8) is 0 Å². The standard InChI is InChI=1S/C16H24N4O5S/c1-11(2)19-15(22)10-17-14(21)9-18-16(23)12-6-5-7-13(8-12)26(24,25)20(3)4/h5-8,11H,9-10H2,1-4H3,(H,17,21)(H,18,23)(H,19,22). The maximum atomic E-state index is 12.1. The lowest BCUT2D eigenvalue weighted by atomic mass is 10.2. The molecule has 0 fully saturated rings. The molecule has 0 atom stereocenters. The van der Waals surface area contributed by atoms with Gasteiger partial charge in [0.1, 0.15) is 0 Å². The summed E-state index contributed by atoms with van der Waals surface area (Å²) < 4.78 is 25.2. The van der Waals surface area contributed by atoms with E-state index in [1.54, 1.807) is 13.8 Å². The SMILES string of the molecule is CC(C)NC(=O)CNC(=O)CNC(=O)c1cccc(S(=O)(=O)N(C)C)c1. The largest absolute Gasteiger partial charge is 0.352 e. The van der Waals surface area contributed by atoms with Crippen molar-refractivity contribution in [2.75, 3.05) is 27.2 Å². The molecular weight excluding hydrogens is 360 g/mol. The summed E-state index contributed by atoms with van der Waals surface area (Å²) in [6, 6.07) is 5.47. The Bertz CT molecular complexity index is 775. The van der Waals surface area contributed by atoms with Crippen molar-refractivity contribution in [1.82, 2.24) is 20.3 Å². The quantitative estimate of drug-likeness (QED) is 0.547. The number of rotatable bonds is 8. The van der Waals surface area contributed by atoms with Gasteiger partial charge in [-0.05, 0) is 32.0 Å². The second-order valence-electron chi connectivity index (χ2n) is 6.00. The molecule has 1 aromatic rings. The van der Waals surface area contributed by atoms with Gasteiger partial charge < -0.3 is 16.0 Å². The van der Waals surface area contributed by atoms with Gasteiger partial charge in [0.2, 0.25) is 21.8 Å². The third-order valence-electron chi connectivity index (χ3n) is 3.18. The van der Waals surface area contributed by atoms with Crippen molar-refractivity contribution in [1.29, 1.82) is 0 Å². The molecule has 144 valence electrons. The number of nitrogens with zero attached hydrogens (tertiary/aromatic N) is 1. The molecule has 0 spiro atoms. The van der Waals surface area contributed by atoms with Crippen LogP contribution >= 0.6 is 0 Å². The van der Waals surface area contributed by atoms with E-state index < -0.39 is 21.8 Å². The Morgan fingerprint density at radius 2 is 1.65 bits per heavy atom. The normalized spacial score (nSPS) is 11.3. The number of sulfonamides is 1. The zero-order valence-corrected chi connectivity index (χ0v) is 16.0. The van der Waals surface area contributed by atoms with Crippen LogP contribution in [0.5, 0.6) is 0 Å². The molecule has 26 heavy (non-hydrogen) atoms. The molecule has 0 aliphatic carbocycles. The van der Waals surface area contributed by atoms with Crippen molar-refractivity contribution in [2.24, 2.45) is 0 Å². The second-order valence-corrected chi connectivity index (χ2v) is 8.15. The first-order valence-corrected chi connectivity index (χ1v) is 9.35. The minimum Gasteiger partial charge on any atom is -0.352 e. The van der Waals surface area contributed by atoms with Gasteiger partial charge in [-0.3, -0.25) is 14.4 Å². The lowest BCUT2D eigenvalue weighted by Crippen LogP contribution is -2.43. The first-order chi connectivity index (χ1) is 12.0. The van der Waals surface area contributed by atoms with Crippen LogP contribution in [0, 0.1) is 0 Å². The lowest BCUT2D eigenvalue weighted by Gasteiger charge is -2.12. The summed E-state index contributed by atoms with van der Waals surface area (Å²) in [5, 5.41) is 7.37. The molecule has 10 heteroatoms. The summed E-state index contributed by atoms with van der Waals surface area (Å²) in [6.45, 7) is 3.07. The molecule has 0 bridgehead atoms. The van der Waals surface area contributed by atoms with Crippen molar-refractivity contribution < 1.29 is 22.8 Å². The van der Waals surface area contributed by atoms with Gasteiger partial charge in [-0.15, -0.1) is 0 Å². The fourth-order valence-electron chi connectivity index (χ4n) is 1.89. The highest BCUT2D eigenvalue weighted by Crippen LogP contribution is 2.14. The molecule has 1 rings (SSSR count). The van der Waals surface area contributed by atoms with E-state index >= 15 is 0 Å². The monoisotopic (exact) mass is 384 g/mol. The van der Waals surface area contributed by atoms with E-state index in [-0.39, 0.29) is 35.5 Å². The molecular formula is C16H24N4O5S. The molecule has 0 aromatic heterocycles. The van der Waals surface area contributed by atoms with Crippen LogP contribution in [0.1, 0.15) is 24.2 Å². The topological polar surface area (TPSA) is 125 Å². The third kappa shape index (κ3) is 6.45. The van der Waals surface area contributed by atoms with E-state index in [0.717, 1.165) is 4.31 Å². The molecule has 0 heterocycles. The zero-order chi connectivity index (χ0) is 19.9. The highest BCUT2D eigenvalue weighted by Gasteiger charge is 2.19. The van der Waals surface area contributed by atoms with Crippen LogP contribution in [0.3, 0.4) is 0 Å². The molecule has 0 unspecified atom stereocenters. The highest BCUT2D eigenvalue weighted by atomic mass is 32.2. The van der Waals surface area contributed by atoms with E-state index in [1.807, 2.05) is 0 Å². The number of amides is 3. The van der Waals surface area contributed by atoms with Crippen LogP contribution in [-0.2, 0) is 19.6 Å². The summed E-state index contributed by atoms with van der Waals surface area (Å²) in [6.07, 6.45) is 0. The van der Waals surface area contributed by atoms with Crippen molar-refractivity contribution in [3.05, 3.63) is 29.8 Å². The Morgan fingerprint density at radius 3 is 2.23 bits per heavy atom. The van der Waals surface area contributed by atoms with Gasteiger partial charge in [0.15, 0.2) is 0 Å². The molecule has 0 radical (unpaired) electrons. The Balaban J connectivity index is 2.61. The molecule has 0 saturated carbocycles. The van der Waals surface area contributed by atoms with Crippen LogP contribution in [-0.4, -0.2) is 63.7 Å². The predicted octanol–water partition coefficient (Wildman–Crippen LogP) is -0.692. The fourth-order valence-corrected chi connectivity index (χ4v) is 2.83. The van der Waals surface area contributed by atoms with Gasteiger partial charge in [0.25, 0.3) is 5.91 Å². The van der Waals surface area contributed by atoms with Crippen LogP contribution in [0.2, 0.25) is 0 Å². The van der Waals surface area contributed by atoms with Crippen molar-refractivity contribution in [3.8, 4) is 0 Å². The smallest absolute Gasteiger partial charge is 0.251 e. The molecule has 3 N–H and O–H groups in total. The highest BCUT2D eigenvalue weighted by molar-refractivity contribution is 7.89. The number of carbonyl (C=O) groups is 3. The first kappa shape index (κ1) is 21.6. The van der Waals surface area contributed by atoms with Crippen LogP contribution in [0.25, 0.3) is 0 Å². The van der Waals surface area contributed by atoms with E-state index in [4.69, 9.17) is 0 Å². The average molecular weight is 384 g/mol. The van der Waals surface area contributed by atoms with Gasteiger partial charge in [-0.25, -0.2) is 12.7 Å². The molecule has 1 aromatic carbocycles. The number of hydrogen-bond acceptors (Lipinski definition) is 5. The summed E-state index contributed by atoms with van der Waals surface area (Å²) in [5.74, 6) is -1.46. The first-order valence-electron chi connectivity index (χ1n) is 7.91.